The maximum Gasteiger partial charge on any atom is 0.289 e. The summed E-state index contributed by atoms with van der Waals surface area (Å²) in [6, 6.07) is 7.20. The van der Waals surface area contributed by atoms with Gasteiger partial charge in [-0.3, -0.25) is 19.3 Å². The van der Waals surface area contributed by atoms with Gasteiger partial charge >= 0.3 is 0 Å². The van der Waals surface area contributed by atoms with E-state index in [0.717, 1.165) is 29.8 Å². The van der Waals surface area contributed by atoms with E-state index in [4.69, 9.17) is 0 Å². The highest BCUT2D eigenvalue weighted by molar-refractivity contribution is 8.14. The predicted molar refractivity (Wildman–Crippen MR) is 96.3 cm³/mol. The third-order valence-corrected chi connectivity index (χ3v) is 4.69. The van der Waals surface area contributed by atoms with E-state index in [2.05, 4.69) is 10.6 Å². The number of anilines is 1. The summed E-state index contributed by atoms with van der Waals surface area (Å²) in [5.74, 6) is 0.746. The Hall–Kier alpha value is -1.57. The number of amides is 3. The van der Waals surface area contributed by atoms with Crippen molar-refractivity contribution in [2.75, 3.05) is 24.2 Å². The molecule has 0 bridgehead atoms. The number of nitrogens with zero attached hydrogens (tertiary/aromatic N) is 1. The van der Waals surface area contributed by atoms with Crippen molar-refractivity contribution in [2.24, 2.45) is 5.92 Å². The van der Waals surface area contributed by atoms with Crippen LogP contribution in [0, 0.1) is 5.92 Å². The minimum atomic E-state index is -0.200. The fourth-order valence-corrected chi connectivity index (χ4v) is 3.05. The predicted octanol–water partition coefficient (Wildman–Crippen LogP) is 2.24. The van der Waals surface area contributed by atoms with Crippen LogP contribution in [-0.2, 0) is 16.1 Å². The molecule has 1 heterocycles. The topological polar surface area (TPSA) is 78.5 Å². The first kappa shape index (κ1) is 18.8. The molecule has 0 radical (unpaired) electrons. The van der Waals surface area contributed by atoms with Crippen molar-refractivity contribution >= 4 is 46.9 Å². The summed E-state index contributed by atoms with van der Waals surface area (Å²) in [5.41, 5.74) is 1.57. The van der Waals surface area contributed by atoms with Gasteiger partial charge in [0.15, 0.2) is 0 Å². The maximum absolute atomic E-state index is 11.8. The van der Waals surface area contributed by atoms with Gasteiger partial charge in [0.2, 0.25) is 11.8 Å². The Bertz CT molecular complexity index is 603. The molecule has 24 heavy (non-hydrogen) atoms. The van der Waals surface area contributed by atoms with Crippen LogP contribution in [0.5, 0.6) is 0 Å². The Kier molecular flexibility index (Phi) is 6.65. The Labute approximate surface area is 151 Å². The third kappa shape index (κ3) is 5.22. The molecular formula is C16H20ClN3O3S. The number of carbonyl (C=O) groups excluding carboxylic acids is 3. The van der Waals surface area contributed by atoms with E-state index in [1.807, 2.05) is 12.1 Å². The zero-order valence-corrected chi connectivity index (χ0v) is 14.8. The molecule has 0 spiro atoms. The van der Waals surface area contributed by atoms with Gasteiger partial charge in [-0.25, -0.2) is 0 Å². The molecule has 8 heteroatoms. The summed E-state index contributed by atoms with van der Waals surface area (Å²) in [4.78, 5) is 36.2. The summed E-state index contributed by atoms with van der Waals surface area (Å²) in [7, 11) is 0. The van der Waals surface area contributed by atoms with Gasteiger partial charge < -0.3 is 10.6 Å². The zero-order chi connectivity index (χ0) is 16.2. The molecule has 2 N–H and O–H groups in total. The molecule has 1 saturated carbocycles. The molecule has 3 rings (SSSR count). The van der Waals surface area contributed by atoms with Crippen LogP contribution in [0.4, 0.5) is 10.5 Å². The van der Waals surface area contributed by atoms with Gasteiger partial charge in [0, 0.05) is 5.69 Å². The van der Waals surface area contributed by atoms with Crippen LogP contribution >= 0.6 is 24.2 Å². The molecule has 1 aliphatic heterocycles. The average molecular weight is 370 g/mol. The lowest BCUT2D eigenvalue weighted by molar-refractivity contribution is -0.125. The molecule has 2 aliphatic rings. The molecule has 0 unspecified atom stereocenters. The molecule has 130 valence electrons. The van der Waals surface area contributed by atoms with Gasteiger partial charge in [0.25, 0.3) is 5.24 Å². The SMILES string of the molecule is Cl.O=C(CNCC1CC1)Nc1ccc(CN2C(=O)CSC2=O)cc1. The second-order valence-electron chi connectivity index (χ2n) is 5.85. The van der Waals surface area contributed by atoms with Crippen molar-refractivity contribution in [3.8, 4) is 0 Å². The molecule has 1 aromatic rings. The highest BCUT2D eigenvalue weighted by Crippen LogP contribution is 2.27. The molecule has 1 aromatic carbocycles. The molecule has 1 aliphatic carbocycles. The van der Waals surface area contributed by atoms with Crippen LogP contribution in [0.25, 0.3) is 0 Å². The number of nitrogens with one attached hydrogen (secondary N) is 2. The van der Waals surface area contributed by atoms with E-state index in [1.54, 1.807) is 12.1 Å². The summed E-state index contributed by atoms with van der Waals surface area (Å²) < 4.78 is 0. The van der Waals surface area contributed by atoms with E-state index < -0.39 is 0 Å². The number of hydrogen-bond donors (Lipinski definition) is 2. The maximum atomic E-state index is 11.8. The highest BCUT2D eigenvalue weighted by atomic mass is 35.5. The molecular weight excluding hydrogens is 350 g/mol. The van der Waals surface area contributed by atoms with E-state index >= 15 is 0 Å². The fraction of sp³-hybridized carbons (Fsp3) is 0.438. The van der Waals surface area contributed by atoms with Gasteiger partial charge in [0.05, 0.1) is 18.8 Å². The number of halogens is 1. The van der Waals surface area contributed by atoms with E-state index in [1.165, 1.54) is 17.7 Å². The largest absolute Gasteiger partial charge is 0.325 e. The van der Waals surface area contributed by atoms with Gasteiger partial charge in [-0.2, -0.15) is 0 Å². The van der Waals surface area contributed by atoms with Crippen LogP contribution < -0.4 is 10.6 Å². The monoisotopic (exact) mass is 369 g/mol. The highest BCUT2D eigenvalue weighted by Gasteiger charge is 2.29. The van der Waals surface area contributed by atoms with Gasteiger partial charge in [-0.15, -0.1) is 12.4 Å². The number of rotatable bonds is 7. The van der Waals surface area contributed by atoms with E-state index in [0.29, 0.717) is 12.2 Å². The number of imide groups is 1. The standard InChI is InChI=1S/C16H19N3O3S.ClH/c20-14(8-17-7-11-1-2-11)18-13-5-3-12(4-6-13)9-19-15(21)10-23-16(19)22;/h3-6,11,17H,1-2,7-10H2,(H,18,20);1H. The summed E-state index contributed by atoms with van der Waals surface area (Å²) >= 11 is 1.03. The number of thioether (sulfide) groups is 1. The van der Waals surface area contributed by atoms with Crippen LogP contribution in [0.15, 0.2) is 24.3 Å². The Morgan fingerprint density at radius 1 is 1.21 bits per heavy atom. The van der Waals surface area contributed by atoms with Crippen molar-refractivity contribution in [3.05, 3.63) is 29.8 Å². The second kappa shape index (κ2) is 8.50. The lowest BCUT2D eigenvalue weighted by Crippen LogP contribution is -2.29. The quantitative estimate of drug-likeness (QED) is 0.770. The molecule has 6 nitrogen and oxygen atoms in total. The van der Waals surface area contributed by atoms with Crippen molar-refractivity contribution < 1.29 is 14.4 Å². The molecule has 3 amide bonds. The van der Waals surface area contributed by atoms with Crippen molar-refractivity contribution in [2.45, 2.75) is 19.4 Å². The van der Waals surface area contributed by atoms with Gasteiger partial charge in [-0.1, -0.05) is 23.9 Å². The lowest BCUT2D eigenvalue weighted by atomic mass is 10.2. The number of hydrogen-bond acceptors (Lipinski definition) is 5. The van der Waals surface area contributed by atoms with E-state index in [9.17, 15) is 14.4 Å². The Balaban J connectivity index is 0.00000208. The summed E-state index contributed by atoms with van der Waals surface area (Å²) in [6.45, 7) is 1.50. The second-order valence-corrected chi connectivity index (χ2v) is 6.78. The molecule has 0 atom stereocenters. The fourth-order valence-electron chi connectivity index (χ4n) is 2.33. The third-order valence-electron chi connectivity index (χ3n) is 3.83. The lowest BCUT2D eigenvalue weighted by Gasteiger charge is -2.13. The zero-order valence-electron chi connectivity index (χ0n) is 13.1. The minimum absolute atomic E-state index is 0. The Morgan fingerprint density at radius 2 is 1.92 bits per heavy atom. The Morgan fingerprint density at radius 3 is 2.50 bits per heavy atom. The average Bonchev–Trinajstić information content (AvgIpc) is 3.30. The van der Waals surface area contributed by atoms with Crippen molar-refractivity contribution in [1.29, 1.82) is 0 Å². The van der Waals surface area contributed by atoms with Crippen molar-refractivity contribution in [1.82, 2.24) is 10.2 Å². The van der Waals surface area contributed by atoms with Crippen LogP contribution in [0.1, 0.15) is 18.4 Å². The van der Waals surface area contributed by atoms with Gasteiger partial charge in [-0.05, 0) is 43.0 Å². The minimum Gasteiger partial charge on any atom is -0.325 e. The van der Waals surface area contributed by atoms with Crippen LogP contribution in [0.3, 0.4) is 0 Å². The van der Waals surface area contributed by atoms with E-state index in [-0.39, 0.29) is 41.8 Å². The first-order valence-corrected chi connectivity index (χ1v) is 8.67. The van der Waals surface area contributed by atoms with Crippen molar-refractivity contribution in [3.63, 3.8) is 0 Å². The normalized spacial score (nSPS) is 16.9. The van der Waals surface area contributed by atoms with Crippen LogP contribution in [0.2, 0.25) is 0 Å². The molecule has 1 saturated heterocycles. The first-order valence-electron chi connectivity index (χ1n) is 7.68. The van der Waals surface area contributed by atoms with Gasteiger partial charge in [0.1, 0.15) is 0 Å². The molecule has 0 aromatic heterocycles. The smallest absolute Gasteiger partial charge is 0.289 e. The first-order chi connectivity index (χ1) is 11.1. The summed E-state index contributed by atoms with van der Waals surface area (Å²) in [6.07, 6.45) is 2.52. The molecule has 2 fully saturated rings. The summed E-state index contributed by atoms with van der Waals surface area (Å²) in [5, 5.41) is 5.76. The number of carbonyl (C=O) groups is 3. The van der Waals surface area contributed by atoms with Crippen LogP contribution in [-0.4, -0.2) is 40.8 Å². The number of benzene rings is 1.